The molecule has 2 nitrogen and oxygen atoms in total. The number of carbonyl (C=O) groups is 1. The molecular formula is C12H16O2. The molecular weight excluding hydrogens is 176 g/mol. The van der Waals surface area contributed by atoms with E-state index in [2.05, 4.69) is 5.92 Å². The minimum absolute atomic E-state index is 0.401. The van der Waals surface area contributed by atoms with Gasteiger partial charge in [-0.2, -0.15) is 0 Å². The molecule has 1 N–H and O–H groups in total. The summed E-state index contributed by atoms with van der Waals surface area (Å²) in [6, 6.07) is 0. The normalized spacial score (nSPS) is 39.6. The topological polar surface area (TPSA) is 37.3 Å². The van der Waals surface area contributed by atoms with E-state index in [1.807, 2.05) is 0 Å². The summed E-state index contributed by atoms with van der Waals surface area (Å²) in [6.45, 7) is 0. The van der Waals surface area contributed by atoms with Crippen LogP contribution < -0.4 is 0 Å². The molecule has 0 aromatic carbocycles. The van der Waals surface area contributed by atoms with Crippen LogP contribution in [0.3, 0.4) is 0 Å². The van der Waals surface area contributed by atoms with Gasteiger partial charge in [0.2, 0.25) is 0 Å². The van der Waals surface area contributed by atoms with E-state index in [1.54, 1.807) is 0 Å². The van der Waals surface area contributed by atoms with Gasteiger partial charge in [-0.1, -0.05) is 6.42 Å². The van der Waals surface area contributed by atoms with E-state index in [1.165, 1.54) is 6.42 Å². The summed E-state index contributed by atoms with van der Waals surface area (Å²) in [5, 5.41) is 9.34. The van der Waals surface area contributed by atoms with E-state index < -0.39 is 11.4 Å². The fraction of sp³-hybridized carbons (Fsp3) is 0.750. The molecule has 2 aliphatic carbocycles. The van der Waals surface area contributed by atoms with Gasteiger partial charge < -0.3 is 5.11 Å². The van der Waals surface area contributed by atoms with Gasteiger partial charge in [0.25, 0.3) is 0 Å². The van der Waals surface area contributed by atoms with E-state index >= 15 is 0 Å². The Hall–Kier alpha value is -0.970. The molecule has 2 fully saturated rings. The highest BCUT2D eigenvalue weighted by molar-refractivity contribution is 5.75. The third-order valence-electron chi connectivity index (χ3n) is 4.12. The average molecular weight is 192 g/mol. The predicted molar refractivity (Wildman–Crippen MR) is 53.6 cm³/mol. The Morgan fingerprint density at radius 2 is 2.36 bits per heavy atom. The zero-order valence-electron chi connectivity index (χ0n) is 8.33. The van der Waals surface area contributed by atoms with Crippen LogP contribution >= 0.6 is 0 Å². The lowest BCUT2D eigenvalue weighted by Gasteiger charge is -2.33. The van der Waals surface area contributed by atoms with Gasteiger partial charge >= 0.3 is 5.97 Å². The van der Waals surface area contributed by atoms with Crippen molar-refractivity contribution in [2.45, 2.75) is 38.5 Å². The maximum Gasteiger partial charge on any atom is 0.309 e. The van der Waals surface area contributed by atoms with Gasteiger partial charge in [-0.3, -0.25) is 4.79 Å². The van der Waals surface area contributed by atoms with E-state index in [4.69, 9.17) is 6.42 Å². The molecule has 14 heavy (non-hydrogen) atoms. The Bertz CT molecular complexity index is 289. The van der Waals surface area contributed by atoms with Crippen LogP contribution in [0, 0.1) is 29.6 Å². The van der Waals surface area contributed by atoms with Crippen molar-refractivity contribution in [3.63, 3.8) is 0 Å². The lowest BCUT2D eigenvalue weighted by molar-refractivity contribution is -0.153. The third kappa shape index (κ3) is 1.23. The number of carboxylic acid groups (broad SMARTS) is 1. The van der Waals surface area contributed by atoms with Gasteiger partial charge in [0.1, 0.15) is 0 Å². The minimum Gasteiger partial charge on any atom is -0.481 e. The molecule has 2 bridgehead atoms. The molecule has 0 spiro atoms. The number of hydrogen-bond acceptors (Lipinski definition) is 1. The highest BCUT2D eigenvalue weighted by atomic mass is 16.4. The first-order valence-corrected chi connectivity index (χ1v) is 5.36. The second-order valence-corrected chi connectivity index (χ2v) is 4.75. The molecule has 2 rings (SSSR count). The van der Waals surface area contributed by atoms with Crippen molar-refractivity contribution in [2.24, 2.45) is 17.3 Å². The quantitative estimate of drug-likeness (QED) is 0.696. The molecule has 0 amide bonds. The van der Waals surface area contributed by atoms with Crippen LogP contribution in [0.5, 0.6) is 0 Å². The maximum atomic E-state index is 11.4. The highest BCUT2D eigenvalue weighted by Gasteiger charge is 2.55. The van der Waals surface area contributed by atoms with Crippen molar-refractivity contribution in [3.05, 3.63) is 0 Å². The van der Waals surface area contributed by atoms with E-state index in [0.29, 0.717) is 24.7 Å². The minimum atomic E-state index is -0.611. The Balaban J connectivity index is 2.16. The number of rotatable bonds is 3. The lowest BCUT2D eigenvalue weighted by Crippen LogP contribution is -2.36. The van der Waals surface area contributed by atoms with Gasteiger partial charge in [-0.25, -0.2) is 0 Å². The van der Waals surface area contributed by atoms with Crippen LogP contribution in [0.25, 0.3) is 0 Å². The molecule has 76 valence electrons. The Morgan fingerprint density at radius 3 is 2.79 bits per heavy atom. The Morgan fingerprint density at radius 1 is 1.57 bits per heavy atom. The zero-order chi connectivity index (χ0) is 10.2. The second-order valence-electron chi connectivity index (χ2n) is 4.75. The molecule has 3 atom stereocenters. The summed E-state index contributed by atoms with van der Waals surface area (Å²) >= 11 is 0. The molecule has 2 aliphatic rings. The molecule has 0 saturated heterocycles. The third-order valence-corrected chi connectivity index (χ3v) is 4.12. The number of carboxylic acids is 1. The van der Waals surface area contributed by atoms with Gasteiger partial charge in [0.05, 0.1) is 5.41 Å². The van der Waals surface area contributed by atoms with Crippen LogP contribution in [0.4, 0.5) is 0 Å². The average Bonchev–Trinajstić information content (AvgIpc) is 2.74. The van der Waals surface area contributed by atoms with Gasteiger partial charge in [0.15, 0.2) is 0 Å². The van der Waals surface area contributed by atoms with Crippen molar-refractivity contribution in [2.75, 3.05) is 0 Å². The largest absolute Gasteiger partial charge is 0.481 e. The zero-order valence-corrected chi connectivity index (χ0v) is 8.33. The van der Waals surface area contributed by atoms with Crippen molar-refractivity contribution < 1.29 is 9.90 Å². The molecule has 2 saturated carbocycles. The maximum absolute atomic E-state index is 11.4. The molecule has 0 aliphatic heterocycles. The van der Waals surface area contributed by atoms with Gasteiger partial charge in [0, 0.05) is 6.42 Å². The first-order chi connectivity index (χ1) is 6.69. The summed E-state index contributed by atoms with van der Waals surface area (Å²) in [4.78, 5) is 11.4. The van der Waals surface area contributed by atoms with E-state index in [9.17, 15) is 9.90 Å². The monoisotopic (exact) mass is 192 g/mol. The number of fused-ring (bicyclic) bond motifs is 2. The van der Waals surface area contributed by atoms with Crippen LogP contribution in [0.15, 0.2) is 0 Å². The summed E-state index contributed by atoms with van der Waals surface area (Å²) in [7, 11) is 0. The molecule has 2 heteroatoms. The fourth-order valence-electron chi connectivity index (χ4n) is 3.41. The lowest BCUT2D eigenvalue weighted by atomic mass is 9.70. The molecule has 0 heterocycles. The highest BCUT2D eigenvalue weighted by Crippen LogP contribution is 2.58. The Labute approximate surface area is 84.7 Å². The second kappa shape index (κ2) is 3.31. The summed E-state index contributed by atoms with van der Waals surface area (Å²) in [6.07, 6.45) is 10.8. The summed E-state index contributed by atoms with van der Waals surface area (Å²) in [5.41, 5.74) is -0.463. The van der Waals surface area contributed by atoms with Gasteiger partial charge in [-0.15, -0.1) is 12.3 Å². The van der Waals surface area contributed by atoms with E-state index in [-0.39, 0.29) is 0 Å². The summed E-state index contributed by atoms with van der Waals surface area (Å²) < 4.78 is 0. The van der Waals surface area contributed by atoms with Crippen LogP contribution in [0.1, 0.15) is 38.5 Å². The standard InChI is InChI=1S/C12H16O2/c1-2-3-6-12(11(13)14)8-9-4-5-10(12)7-9/h1,9-10H,3-8H2,(H,13,14). The van der Waals surface area contributed by atoms with Crippen LogP contribution in [0.2, 0.25) is 0 Å². The predicted octanol–water partition coefficient (Wildman–Crippen LogP) is 2.29. The molecule has 0 aromatic rings. The number of terminal acetylenes is 1. The first-order valence-electron chi connectivity index (χ1n) is 5.36. The SMILES string of the molecule is C#CCCC1(C(=O)O)CC2CCC1C2. The summed E-state index contributed by atoms with van der Waals surface area (Å²) in [5.74, 6) is 3.02. The smallest absolute Gasteiger partial charge is 0.309 e. The van der Waals surface area contributed by atoms with Crippen molar-refractivity contribution in [1.29, 1.82) is 0 Å². The fourth-order valence-corrected chi connectivity index (χ4v) is 3.41. The first kappa shape index (κ1) is 9.58. The number of hydrogen-bond donors (Lipinski definition) is 1. The van der Waals surface area contributed by atoms with Crippen LogP contribution in [-0.4, -0.2) is 11.1 Å². The van der Waals surface area contributed by atoms with Crippen LogP contribution in [-0.2, 0) is 4.79 Å². The molecule has 0 aromatic heterocycles. The Kier molecular flexibility index (Phi) is 2.26. The number of aliphatic carboxylic acids is 1. The van der Waals surface area contributed by atoms with Gasteiger partial charge in [-0.05, 0) is 37.5 Å². The molecule has 3 unspecified atom stereocenters. The van der Waals surface area contributed by atoms with Crippen molar-refractivity contribution in [1.82, 2.24) is 0 Å². The molecule has 0 radical (unpaired) electrons. The van der Waals surface area contributed by atoms with Crippen molar-refractivity contribution in [3.8, 4) is 12.3 Å². The van der Waals surface area contributed by atoms with Crippen molar-refractivity contribution >= 4 is 5.97 Å². The van der Waals surface area contributed by atoms with E-state index in [0.717, 1.165) is 19.3 Å².